The number of hydrogen-bond acceptors (Lipinski definition) is 6. The molecule has 1 saturated heterocycles. The van der Waals surface area contributed by atoms with Crippen molar-refractivity contribution in [3.63, 3.8) is 0 Å². The Balaban J connectivity index is 1.35. The van der Waals surface area contributed by atoms with Gasteiger partial charge in [0, 0.05) is 43.4 Å². The smallest absolute Gasteiger partial charge is 0.266 e. The van der Waals surface area contributed by atoms with E-state index in [1.807, 2.05) is 29.2 Å². The van der Waals surface area contributed by atoms with E-state index in [0.717, 1.165) is 32.5 Å². The second-order valence-electron chi connectivity index (χ2n) is 6.69. The van der Waals surface area contributed by atoms with E-state index in [2.05, 4.69) is 31.6 Å². The molecule has 4 heterocycles. The number of thiophene rings is 1. The number of aromatic nitrogens is 5. The summed E-state index contributed by atoms with van der Waals surface area (Å²) >= 11 is 1.57. The molecule has 0 aromatic carbocycles. The van der Waals surface area contributed by atoms with Crippen LogP contribution in [0, 0.1) is 0 Å². The van der Waals surface area contributed by atoms with Gasteiger partial charge in [0.1, 0.15) is 0 Å². The summed E-state index contributed by atoms with van der Waals surface area (Å²) in [7, 11) is 1.72. The Hall–Kier alpha value is -2.52. The molecule has 1 fully saturated rings. The minimum atomic E-state index is -0.130. The molecule has 0 saturated carbocycles. The van der Waals surface area contributed by atoms with Crippen LogP contribution in [0.3, 0.4) is 0 Å². The molecule has 3 aromatic rings. The highest BCUT2D eigenvalue weighted by atomic mass is 32.1. The van der Waals surface area contributed by atoms with Crippen molar-refractivity contribution >= 4 is 23.1 Å². The van der Waals surface area contributed by atoms with Crippen LogP contribution in [0.15, 0.2) is 36.8 Å². The summed E-state index contributed by atoms with van der Waals surface area (Å²) in [6, 6.07) is 6.36. The normalized spacial score (nSPS) is 17.4. The van der Waals surface area contributed by atoms with E-state index in [1.165, 1.54) is 16.1 Å². The van der Waals surface area contributed by atoms with Crippen molar-refractivity contribution in [3.8, 4) is 0 Å². The van der Waals surface area contributed by atoms with Gasteiger partial charge in [-0.15, -0.1) is 16.4 Å². The number of likely N-dealkylation sites (tertiary alicyclic amines) is 1. The zero-order valence-corrected chi connectivity index (χ0v) is 16.1. The van der Waals surface area contributed by atoms with Crippen molar-refractivity contribution in [1.29, 1.82) is 0 Å². The number of carbonyl (C=O) groups excluding carboxylic acids is 1. The fourth-order valence-corrected chi connectivity index (χ4v) is 4.59. The van der Waals surface area contributed by atoms with Gasteiger partial charge in [0.05, 0.1) is 11.1 Å². The predicted molar refractivity (Wildman–Crippen MR) is 104 cm³/mol. The average Bonchev–Trinajstić information content (AvgIpc) is 3.43. The maximum atomic E-state index is 12.4. The molecule has 4 rings (SSSR count). The van der Waals surface area contributed by atoms with Crippen molar-refractivity contribution in [2.75, 3.05) is 18.4 Å². The molecule has 27 heavy (non-hydrogen) atoms. The first-order valence-corrected chi connectivity index (χ1v) is 9.99. The zero-order chi connectivity index (χ0) is 18.6. The number of aryl methyl sites for hydroxylation is 2. The minimum Gasteiger partial charge on any atom is -0.303 e. The number of amides is 1. The van der Waals surface area contributed by atoms with Crippen molar-refractivity contribution in [1.82, 2.24) is 29.7 Å². The summed E-state index contributed by atoms with van der Waals surface area (Å²) in [5.41, 5.74) is 0. The zero-order valence-electron chi connectivity index (χ0n) is 15.3. The van der Waals surface area contributed by atoms with Gasteiger partial charge in [-0.25, -0.2) is 0 Å². The van der Waals surface area contributed by atoms with Crippen LogP contribution in [-0.4, -0.2) is 48.7 Å². The van der Waals surface area contributed by atoms with Gasteiger partial charge in [0.15, 0.2) is 5.82 Å². The molecule has 1 amide bonds. The number of anilines is 1. The van der Waals surface area contributed by atoms with Gasteiger partial charge < -0.3 is 5.32 Å². The van der Waals surface area contributed by atoms with Crippen LogP contribution in [-0.2, 0) is 13.6 Å². The third-order valence-corrected chi connectivity index (χ3v) is 5.96. The van der Waals surface area contributed by atoms with E-state index < -0.39 is 0 Å². The second-order valence-corrected chi connectivity index (χ2v) is 7.81. The van der Waals surface area contributed by atoms with Crippen LogP contribution in [0.4, 0.5) is 5.82 Å². The standard InChI is InChI=1S/C18H23N7OS/c1-23-20-13-17(22-23)21-18(26)16-7-6-15(27-16)14-5-2-9-24(14)10-4-12-25-11-3-8-19-25/h3,6-8,11,13-14H,2,4-5,9-10,12H2,1H3,(H,21,22,26)/t14-/m0/s1. The highest BCUT2D eigenvalue weighted by molar-refractivity contribution is 7.14. The SMILES string of the molecule is Cn1ncc(NC(=O)c2ccc([C@@H]3CCCN3CCCn3cccn3)s2)n1. The fourth-order valence-electron chi connectivity index (χ4n) is 3.52. The molecule has 1 aliphatic heterocycles. The molecule has 9 heteroatoms. The van der Waals surface area contributed by atoms with Gasteiger partial charge in [-0.1, -0.05) is 0 Å². The predicted octanol–water partition coefficient (Wildman–Crippen LogP) is 2.55. The fraction of sp³-hybridized carbons (Fsp3) is 0.444. The topological polar surface area (TPSA) is 80.9 Å². The monoisotopic (exact) mass is 385 g/mol. The highest BCUT2D eigenvalue weighted by Gasteiger charge is 2.27. The highest BCUT2D eigenvalue weighted by Crippen LogP contribution is 2.36. The van der Waals surface area contributed by atoms with Crippen LogP contribution < -0.4 is 5.32 Å². The maximum absolute atomic E-state index is 12.4. The molecular formula is C18H23N7OS. The van der Waals surface area contributed by atoms with Gasteiger partial charge in [-0.3, -0.25) is 14.4 Å². The first-order valence-electron chi connectivity index (χ1n) is 9.18. The van der Waals surface area contributed by atoms with E-state index in [0.29, 0.717) is 16.7 Å². The van der Waals surface area contributed by atoms with Gasteiger partial charge >= 0.3 is 0 Å². The molecule has 0 aliphatic carbocycles. The Bertz CT molecular complexity index is 885. The van der Waals surface area contributed by atoms with Crippen LogP contribution in [0.25, 0.3) is 0 Å². The molecule has 0 unspecified atom stereocenters. The van der Waals surface area contributed by atoms with Gasteiger partial charge in [0.25, 0.3) is 5.91 Å². The van der Waals surface area contributed by atoms with E-state index in [-0.39, 0.29) is 5.91 Å². The van der Waals surface area contributed by atoms with E-state index in [1.54, 1.807) is 24.6 Å². The quantitative estimate of drug-likeness (QED) is 0.676. The first kappa shape index (κ1) is 17.9. The Morgan fingerprint density at radius 3 is 3.04 bits per heavy atom. The summed E-state index contributed by atoms with van der Waals surface area (Å²) in [6.45, 7) is 3.10. The van der Waals surface area contributed by atoms with Crippen LogP contribution in [0.5, 0.6) is 0 Å². The molecular weight excluding hydrogens is 362 g/mol. The number of nitrogens with one attached hydrogen (secondary N) is 1. The Morgan fingerprint density at radius 1 is 1.33 bits per heavy atom. The van der Waals surface area contributed by atoms with Crippen LogP contribution in [0.1, 0.15) is 39.9 Å². The maximum Gasteiger partial charge on any atom is 0.266 e. The molecule has 8 nitrogen and oxygen atoms in total. The third-order valence-electron chi connectivity index (χ3n) is 4.78. The number of rotatable bonds is 7. The minimum absolute atomic E-state index is 0.130. The van der Waals surface area contributed by atoms with Crippen molar-refractivity contribution in [2.24, 2.45) is 7.05 Å². The molecule has 1 atom stereocenters. The Morgan fingerprint density at radius 2 is 2.26 bits per heavy atom. The lowest BCUT2D eigenvalue weighted by molar-refractivity contribution is 0.103. The summed E-state index contributed by atoms with van der Waals surface area (Å²) < 4.78 is 1.98. The summed E-state index contributed by atoms with van der Waals surface area (Å²) in [5, 5.41) is 15.1. The van der Waals surface area contributed by atoms with Crippen LogP contribution in [0.2, 0.25) is 0 Å². The largest absolute Gasteiger partial charge is 0.303 e. The van der Waals surface area contributed by atoms with Crippen molar-refractivity contribution in [3.05, 3.63) is 46.5 Å². The molecule has 1 N–H and O–H groups in total. The lowest BCUT2D eigenvalue weighted by Gasteiger charge is -2.23. The Labute approximate surface area is 161 Å². The Kier molecular flexibility index (Phi) is 5.30. The molecule has 3 aromatic heterocycles. The van der Waals surface area contributed by atoms with Gasteiger partial charge in [-0.2, -0.15) is 15.0 Å². The second kappa shape index (κ2) is 8.01. The number of nitrogens with zero attached hydrogens (tertiary/aromatic N) is 6. The summed E-state index contributed by atoms with van der Waals surface area (Å²) in [4.78, 5) is 18.4. The average molecular weight is 385 g/mol. The molecule has 0 spiro atoms. The third kappa shape index (κ3) is 4.25. The lowest BCUT2D eigenvalue weighted by Crippen LogP contribution is -2.24. The molecule has 0 radical (unpaired) electrons. The first-order chi connectivity index (χ1) is 13.2. The lowest BCUT2D eigenvalue weighted by atomic mass is 10.2. The van der Waals surface area contributed by atoms with Gasteiger partial charge in [0.2, 0.25) is 0 Å². The number of hydrogen-bond donors (Lipinski definition) is 1. The molecule has 0 bridgehead atoms. The summed E-state index contributed by atoms with van der Waals surface area (Å²) in [5.74, 6) is 0.341. The van der Waals surface area contributed by atoms with E-state index in [4.69, 9.17) is 0 Å². The van der Waals surface area contributed by atoms with Crippen LogP contribution >= 0.6 is 11.3 Å². The van der Waals surface area contributed by atoms with Crippen molar-refractivity contribution in [2.45, 2.75) is 31.8 Å². The van der Waals surface area contributed by atoms with E-state index in [9.17, 15) is 4.79 Å². The summed E-state index contributed by atoms with van der Waals surface area (Å²) in [6.07, 6.45) is 8.79. The van der Waals surface area contributed by atoms with Crippen molar-refractivity contribution < 1.29 is 4.79 Å². The molecule has 1 aliphatic rings. The number of carbonyl (C=O) groups is 1. The molecule has 142 valence electrons. The van der Waals surface area contributed by atoms with E-state index >= 15 is 0 Å². The van der Waals surface area contributed by atoms with Gasteiger partial charge in [-0.05, 0) is 44.0 Å².